The number of hydrazone groups is 1. The summed E-state index contributed by atoms with van der Waals surface area (Å²) in [7, 11) is 0. The predicted octanol–water partition coefficient (Wildman–Crippen LogP) is 4.25. The zero-order valence-electron chi connectivity index (χ0n) is 12.2. The molecule has 0 bridgehead atoms. The van der Waals surface area contributed by atoms with Gasteiger partial charge in [-0.05, 0) is 24.3 Å². The number of rotatable bonds is 5. The smallest absolute Gasteiger partial charge is 0.215 e. The number of ketones is 1. The topological polar surface area (TPSA) is 53.8 Å². The number of nitrogens with one attached hydrogen (secondary N) is 1. The van der Waals surface area contributed by atoms with Gasteiger partial charge in [0.15, 0.2) is 5.71 Å². The minimum absolute atomic E-state index is 0.122. The zero-order valence-corrected chi connectivity index (χ0v) is 14.6. The van der Waals surface area contributed by atoms with E-state index in [0.717, 1.165) is 22.5 Å². The summed E-state index contributed by atoms with van der Waals surface area (Å²) in [5.41, 5.74) is 4.74. The second-order valence-corrected chi connectivity index (χ2v) is 6.81. The Hall–Kier alpha value is -1.92. The maximum atomic E-state index is 12.7. The SMILES string of the molecule is O=C(/C(=N/Nc1ccc(Br)cc1)C1=NCCS1)c1ccccc1. The first kappa shape index (κ1) is 16.0. The molecule has 1 heterocycles. The zero-order chi connectivity index (χ0) is 16.1. The molecule has 4 nitrogen and oxygen atoms in total. The van der Waals surface area contributed by atoms with Crippen molar-refractivity contribution in [3.05, 3.63) is 64.6 Å². The third-order valence-corrected chi connectivity index (χ3v) is 4.69. The average Bonchev–Trinajstić information content (AvgIpc) is 3.12. The summed E-state index contributed by atoms with van der Waals surface area (Å²) < 4.78 is 0.989. The molecule has 0 aromatic heterocycles. The van der Waals surface area contributed by atoms with E-state index in [4.69, 9.17) is 0 Å². The van der Waals surface area contributed by atoms with Gasteiger partial charge >= 0.3 is 0 Å². The van der Waals surface area contributed by atoms with Crippen LogP contribution in [-0.4, -0.2) is 28.8 Å². The molecule has 0 amide bonds. The van der Waals surface area contributed by atoms with Crippen LogP contribution in [-0.2, 0) is 0 Å². The molecule has 2 aromatic carbocycles. The number of carbonyl (C=O) groups is 1. The Kier molecular flexibility index (Phi) is 5.25. The van der Waals surface area contributed by atoms with E-state index in [0.29, 0.717) is 16.3 Å². The van der Waals surface area contributed by atoms with Crippen LogP contribution in [0.5, 0.6) is 0 Å². The molecule has 6 heteroatoms. The fourth-order valence-electron chi connectivity index (χ4n) is 2.05. The predicted molar refractivity (Wildman–Crippen MR) is 101 cm³/mol. The summed E-state index contributed by atoms with van der Waals surface area (Å²) in [6.07, 6.45) is 0. The highest BCUT2D eigenvalue weighted by Gasteiger charge is 2.23. The van der Waals surface area contributed by atoms with Crippen LogP contribution < -0.4 is 5.43 Å². The Balaban J connectivity index is 1.88. The second kappa shape index (κ2) is 7.57. The minimum Gasteiger partial charge on any atom is -0.287 e. The lowest BCUT2D eigenvalue weighted by molar-refractivity contribution is 0.106. The summed E-state index contributed by atoms with van der Waals surface area (Å²) >= 11 is 4.95. The Bertz CT molecular complexity index is 757. The van der Waals surface area contributed by atoms with Crippen LogP contribution in [0.3, 0.4) is 0 Å². The third kappa shape index (κ3) is 4.09. The monoisotopic (exact) mass is 387 g/mol. The first-order valence-corrected chi connectivity index (χ1v) is 8.88. The number of halogens is 1. The van der Waals surface area contributed by atoms with Crippen LogP contribution in [0.15, 0.2) is 69.2 Å². The van der Waals surface area contributed by atoms with Gasteiger partial charge in [0.2, 0.25) is 5.78 Å². The summed E-state index contributed by atoms with van der Waals surface area (Å²) in [4.78, 5) is 17.1. The molecule has 1 N–H and O–H groups in total. The Morgan fingerprint density at radius 1 is 1.13 bits per heavy atom. The van der Waals surface area contributed by atoms with Crippen molar-refractivity contribution < 1.29 is 4.79 Å². The van der Waals surface area contributed by atoms with Crippen LogP contribution in [0.4, 0.5) is 5.69 Å². The Morgan fingerprint density at radius 3 is 2.52 bits per heavy atom. The highest BCUT2D eigenvalue weighted by molar-refractivity contribution is 9.10. The van der Waals surface area contributed by atoms with Gasteiger partial charge in [0.05, 0.1) is 5.69 Å². The van der Waals surface area contributed by atoms with Crippen LogP contribution in [0.1, 0.15) is 10.4 Å². The van der Waals surface area contributed by atoms with Crippen LogP contribution in [0.2, 0.25) is 0 Å². The number of anilines is 1. The molecule has 23 heavy (non-hydrogen) atoms. The molecular formula is C17H14BrN3OS. The van der Waals surface area contributed by atoms with E-state index in [1.165, 1.54) is 0 Å². The molecule has 0 radical (unpaired) electrons. The van der Waals surface area contributed by atoms with E-state index < -0.39 is 0 Å². The quantitative estimate of drug-likeness (QED) is 0.474. The highest BCUT2D eigenvalue weighted by Crippen LogP contribution is 2.18. The van der Waals surface area contributed by atoms with Crippen molar-refractivity contribution in [3.8, 4) is 0 Å². The van der Waals surface area contributed by atoms with Crippen molar-refractivity contribution in [2.45, 2.75) is 0 Å². The van der Waals surface area contributed by atoms with Gasteiger partial charge in [-0.2, -0.15) is 5.10 Å². The maximum absolute atomic E-state index is 12.7. The highest BCUT2D eigenvalue weighted by atomic mass is 79.9. The third-order valence-electron chi connectivity index (χ3n) is 3.18. The molecule has 0 saturated heterocycles. The van der Waals surface area contributed by atoms with E-state index in [-0.39, 0.29) is 5.78 Å². The molecule has 0 atom stereocenters. The first-order chi connectivity index (χ1) is 11.2. The molecule has 2 aromatic rings. The van der Waals surface area contributed by atoms with E-state index in [9.17, 15) is 4.79 Å². The van der Waals surface area contributed by atoms with E-state index in [1.807, 2.05) is 42.5 Å². The van der Waals surface area contributed by atoms with Crippen molar-refractivity contribution in [1.82, 2.24) is 0 Å². The summed E-state index contributed by atoms with van der Waals surface area (Å²) in [6.45, 7) is 0.722. The van der Waals surface area contributed by atoms with Crippen molar-refractivity contribution in [2.24, 2.45) is 10.1 Å². The van der Waals surface area contributed by atoms with Gasteiger partial charge in [0.25, 0.3) is 0 Å². The number of carbonyl (C=O) groups excluding carboxylic acids is 1. The maximum Gasteiger partial charge on any atom is 0.215 e. The van der Waals surface area contributed by atoms with Gasteiger partial charge in [-0.3, -0.25) is 15.2 Å². The molecule has 0 aliphatic carbocycles. The Morgan fingerprint density at radius 2 is 1.87 bits per heavy atom. The molecule has 3 rings (SSSR count). The fraction of sp³-hybridized carbons (Fsp3) is 0.118. The average molecular weight is 388 g/mol. The Labute approximate surface area is 147 Å². The molecule has 116 valence electrons. The minimum atomic E-state index is -0.122. The summed E-state index contributed by atoms with van der Waals surface area (Å²) in [6, 6.07) is 16.8. The van der Waals surface area contributed by atoms with E-state index in [2.05, 4.69) is 31.4 Å². The second-order valence-electron chi connectivity index (χ2n) is 4.81. The van der Waals surface area contributed by atoms with Gasteiger partial charge in [0.1, 0.15) is 5.04 Å². The number of benzene rings is 2. The van der Waals surface area contributed by atoms with Gasteiger partial charge in [-0.25, -0.2) is 0 Å². The molecule has 1 aliphatic heterocycles. The number of Topliss-reactive ketones (excluding diaryl/α,β-unsaturated/α-hetero) is 1. The number of hydrogen-bond acceptors (Lipinski definition) is 5. The molecule has 0 unspecified atom stereocenters. The lowest BCUT2D eigenvalue weighted by Gasteiger charge is -2.07. The number of nitrogens with zero attached hydrogens (tertiary/aromatic N) is 2. The van der Waals surface area contributed by atoms with Gasteiger partial charge in [0, 0.05) is 22.3 Å². The normalized spacial score (nSPS) is 14.5. The van der Waals surface area contributed by atoms with Crippen LogP contribution in [0, 0.1) is 0 Å². The van der Waals surface area contributed by atoms with Crippen LogP contribution in [0.25, 0.3) is 0 Å². The molecule has 1 aliphatic rings. The number of aliphatic imine (C=N–C) groups is 1. The number of thioether (sulfide) groups is 1. The van der Waals surface area contributed by atoms with Crippen molar-refractivity contribution >= 4 is 49.9 Å². The number of hydrogen-bond donors (Lipinski definition) is 1. The summed E-state index contributed by atoms with van der Waals surface area (Å²) in [5, 5.41) is 5.03. The first-order valence-electron chi connectivity index (χ1n) is 7.11. The molecular weight excluding hydrogens is 374 g/mol. The molecule has 0 saturated carbocycles. The standard InChI is InChI=1S/C17H14BrN3OS/c18-13-6-8-14(9-7-13)20-21-15(17-19-10-11-23-17)16(22)12-4-2-1-3-5-12/h1-9,20H,10-11H2/b21-15-. The lowest BCUT2D eigenvalue weighted by Crippen LogP contribution is -2.23. The lowest BCUT2D eigenvalue weighted by atomic mass is 10.1. The molecule has 0 spiro atoms. The van der Waals surface area contributed by atoms with Crippen molar-refractivity contribution in [2.75, 3.05) is 17.7 Å². The van der Waals surface area contributed by atoms with Gasteiger partial charge in [-0.1, -0.05) is 46.3 Å². The largest absolute Gasteiger partial charge is 0.287 e. The van der Waals surface area contributed by atoms with Crippen LogP contribution >= 0.6 is 27.7 Å². The van der Waals surface area contributed by atoms with Gasteiger partial charge < -0.3 is 0 Å². The van der Waals surface area contributed by atoms with E-state index >= 15 is 0 Å². The van der Waals surface area contributed by atoms with Gasteiger partial charge in [-0.15, -0.1) is 11.8 Å². The molecule has 0 fully saturated rings. The van der Waals surface area contributed by atoms with Crippen molar-refractivity contribution in [3.63, 3.8) is 0 Å². The van der Waals surface area contributed by atoms with Crippen molar-refractivity contribution in [1.29, 1.82) is 0 Å². The van der Waals surface area contributed by atoms with E-state index in [1.54, 1.807) is 23.9 Å². The summed E-state index contributed by atoms with van der Waals surface area (Å²) in [5.74, 6) is 0.762. The fourth-order valence-corrected chi connectivity index (χ4v) is 3.14.